The number of amides is 2. The fraction of sp³-hybridized carbons (Fsp3) is 0.391. The molecule has 0 saturated carbocycles. The van der Waals surface area contributed by atoms with Gasteiger partial charge in [0.25, 0.3) is 11.8 Å². The van der Waals surface area contributed by atoms with Crippen molar-refractivity contribution in [3.8, 4) is 5.75 Å². The minimum atomic E-state index is -0.199. The molecular formula is C23H28N2O3S. The molecule has 2 aromatic rings. The molecule has 154 valence electrons. The summed E-state index contributed by atoms with van der Waals surface area (Å²) >= 11 is 1.88. The van der Waals surface area contributed by atoms with E-state index in [4.69, 9.17) is 4.74 Å². The van der Waals surface area contributed by atoms with Gasteiger partial charge in [-0.15, -0.1) is 0 Å². The van der Waals surface area contributed by atoms with E-state index in [1.807, 2.05) is 41.8 Å². The summed E-state index contributed by atoms with van der Waals surface area (Å²) in [4.78, 5) is 27.2. The van der Waals surface area contributed by atoms with Crippen LogP contribution < -0.4 is 10.1 Å². The van der Waals surface area contributed by atoms with Gasteiger partial charge in [0, 0.05) is 41.4 Å². The predicted molar refractivity (Wildman–Crippen MR) is 119 cm³/mol. The van der Waals surface area contributed by atoms with Gasteiger partial charge in [0.2, 0.25) is 0 Å². The van der Waals surface area contributed by atoms with Gasteiger partial charge in [0.05, 0.1) is 6.61 Å². The quantitative estimate of drug-likeness (QED) is 0.760. The van der Waals surface area contributed by atoms with E-state index in [1.165, 1.54) is 0 Å². The smallest absolute Gasteiger partial charge is 0.255 e. The molecule has 0 radical (unpaired) electrons. The Labute approximate surface area is 176 Å². The molecule has 0 atom stereocenters. The zero-order valence-corrected chi connectivity index (χ0v) is 18.1. The zero-order valence-electron chi connectivity index (χ0n) is 17.2. The molecule has 0 unspecified atom stereocenters. The number of benzene rings is 2. The summed E-state index contributed by atoms with van der Waals surface area (Å²) in [6.45, 7) is 8.25. The van der Waals surface area contributed by atoms with E-state index in [1.54, 1.807) is 24.3 Å². The van der Waals surface area contributed by atoms with Gasteiger partial charge in [-0.1, -0.05) is 19.9 Å². The SMILES string of the molecule is Cc1cc(C(=O)N2CCSCC2)ccc1NC(=O)c1cccc(OCC(C)C)c1. The Balaban J connectivity index is 1.67. The van der Waals surface area contributed by atoms with Gasteiger partial charge in [-0.05, 0) is 54.8 Å². The van der Waals surface area contributed by atoms with Gasteiger partial charge in [-0.3, -0.25) is 9.59 Å². The predicted octanol–water partition coefficient (Wildman–Crippen LogP) is 4.47. The number of thioether (sulfide) groups is 1. The molecule has 3 rings (SSSR count). The number of carbonyl (C=O) groups is 2. The highest BCUT2D eigenvalue weighted by atomic mass is 32.2. The monoisotopic (exact) mass is 412 g/mol. The third-order valence-electron chi connectivity index (χ3n) is 4.70. The van der Waals surface area contributed by atoms with Crippen LogP contribution in [-0.4, -0.2) is 47.9 Å². The number of carbonyl (C=O) groups excluding carboxylic acids is 2. The second-order valence-corrected chi connectivity index (χ2v) is 8.85. The van der Waals surface area contributed by atoms with Gasteiger partial charge in [-0.25, -0.2) is 0 Å². The van der Waals surface area contributed by atoms with Crippen molar-refractivity contribution in [2.45, 2.75) is 20.8 Å². The fourth-order valence-corrected chi connectivity index (χ4v) is 3.97. The lowest BCUT2D eigenvalue weighted by atomic mass is 10.1. The van der Waals surface area contributed by atoms with Gasteiger partial charge < -0.3 is 15.0 Å². The molecule has 1 N–H and O–H groups in total. The molecule has 6 heteroatoms. The lowest BCUT2D eigenvalue weighted by molar-refractivity contribution is 0.0772. The van der Waals surface area contributed by atoms with Gasteiger partial charge in [0.1, 0.15) is 5.75 Å². The molecule has 1 aliphatic rings. The number of rotatable bonds is 6. The first kappa shape index (κ1) is 21.2. The van der Waals surface area contributed by atoms with E-state index in [-0.39, 0.29) is 11.8 Å². The van der Waals surface area contributed by atoms with Crippen LogP contribution in [0.2, 0.25) is 0 Å². The summed E-state index contributed by atoms with van der Waals surface area (Å²) in [7, 11) is 0. The minimum Gasteiger partial charge on any atom is -0.493 e. The number of nitrogens with one attached hydrogen (secondary N) is 1. The maximum absolute atomic E-state index is 12.7. The van der Waals surface area contributed by atoms with Crippen LogP contribution in [0.15, 0.2) is 42.5 Å². The van der Waals surface area contributed by atoms with Crippen molar-refractivity contribution in [2.75, 3.05) is 36.5 Å². The van der Waals surface area contributed by atoms with Crippen LogP contribution in [0.4, 0.5) is 5.69 Å². The van der Waals surface area contributed by atoms with Gasteiger partial charge in [-0.2, -0.15) is 11.8 Å². The lowest BCUT2D eigenvalue weighted by Crippen LogP contribution is -2.37. The Morgan fingerprint density at radius 2 is 1.86 bits per heavy atom. The summed E-state index contributed by atoms with van der Waals surface area (Å²) in [6.07, 6.45) is 0. The topological polar surface area (TPSA) is 58.6 Å². The highest BCUT2D eigenvalue weighted by Gasteiger charge is 2.19. The van der Waals surface area contributed by atoms with Crippen molar-refractivity contribution in [1.82, 2.24) is 4.90 Å². The molecule has 2 amide bonds. The van der Waals surface area contributed by atoms with Crippen LogP contribution in [0.1, 0.15) is 40.1 Å². The Hall–Kier alpha value is -2.47. The fourth-order valence-electron chi connectivity index (χ4n) is 3.07. The van der Waals surface area contributed by atoms with E-state index < -0.39 is 0 Å². The molecule has 0 bridgehead atoms. The first-order valence-corrected chi connectivity index (χ1v) is 11.1. The van der Waals surface area contributed by atoms with Crippen LogP contribution in [-0.2, 0) is 0 Å². The second-order valence-electron chi connectivity index (χ2n) is 7.62. The number of nitrogens with zero attached hydrogens (tertiary/aromatic N) is 1. The summed E-state index contributed by atoms with van der Waals surface area (Å²) in [5.41, 5.74) is 2.77. The zero-order chi connectivity index (χ0) is 20.8. The lowest BCUT2D eigenvalue weighted by Gasteiger charge is -2.26. The third-order valence-corrected chi connectivity index (χ3v) is 5.64. The average Bonchev–Trinajstić information content (AvgIpc) is 2.74. The number of ether oxygens (including phenoxy) is 1. The summed E-state index contributed by atoms with van der Waals surface area (Å²) in [6, 6.07) is 12.6. The first-order valence-electron chi connectivity index (χ1n) is 9.96. The standard InChI is InChI=1S/C23H28N2O3S/c1-16(2)15-28-20-6-4-5-18(14-20)22(26)24-21-8-7-19(13-17(21)3)23(27)25-9-11-29-12-10-25/h4-8,13-14,16H,9-12,15H2,1-3H3,(H,24,26). The van der Waals surface area contributed by atoms with Crippen molar-refractivity contribution in [3.63, 3.8) is 0 Å². The van der Waals surface area contributed by atoms with E-state index in [9.17, 15) is 9.59 Å². The summed E-state index contributed by atoms with van der Waals surface area (Å²) in [5, 5.41) is 2.94. The van der Waals surface area contributed by atoms with Crippen LogP contribution >= 0.6 is 11.8 Å². The average molecular weight is 413 g/mol. The number of aryl methyl sites for hydroxylation is 1. The summed E-state index contributed by atoms with van der Waals surface area (Å²) < 4.78 is 5.71. The molecule has 1 fully saturated rings. The van der Waals surface area contributed by atoms with Crippen molar-refractivity contribution in [1.29, 1.82) is 0 Å². The van der Waals surface area contributed by atoms with Crippen LogP contribution in [0, 0.1) is 12.8 Å². The normalized spacial score (nSPS) is 14.0. The van der Waals surface area contributed by atoms with E-state index in [2.05, 4.69) is 19.2 Å². The summed E-state index contributed by atoms with van der Waals surface area (Å²) in [5.74, 6) is 2.93. The van der Waals surface area contributed by atoms with Crippen molar-refractivity contribution >= 4 is 29.3 Å². The maximum Gasteiger partial charge on any atom is 0.255 e. The van der Waals surface area contributed by atoms with Crippen molar-refractivity contribution in [3.05, 3.63) is 59.2 Å². The second kappa shape index (κ2) is 9.83. The highest BCUT2D eigenvalue weighted by molar-refractivity contribution is 7.99. The molecule has 1 heterocycles. The molecule has 0 aliphatic carbocycles. The number of anilines is 1. The van der Waals surface area contributed by atoms with E-state index in [0.717, 1.165) is 30.2 Å². The Kier molecular flexibility index (Phi) is 7.20. The Bertz CT molecular complexity index is 876. The molecule has 5 nitrogen and oxygen atoms in total. The van der Waals surface area contributed by atoms with Crippen molar-refractivity contribution in [2.24, 2.45) is 5.92 Å². The van der Waals surface area contributed by atoms with Crippen LogP contribution in [0.5, 0.6) is 5.75 Å². The number of hydrogen-bond acceptors (Lipinski definition) is 4. The Morgan fingerprint density at radius 3 is 2.55 bits per heavy atom. The van der Waals surface area contributed by atoms with Crippen LogP contribution in [0.25, 0.3) is 0 Å². The molecule has 0 spiro atoms. The molecule has 2 aromatic carbocycles. The Morgan fingerprint density at radius 1 is 1.10 bits per heavy atom. The first-order chi connectivity index (χ1) is 13.9. The van der Waals surface area contributed by atoms with Gasteiger partial charge >= 0.3 is 0 Å². The molecule has 29 heavy (non-hydrogen) atoms. The maximum atomic E-state index is 12.7. The molecule has 1 saturated heterocycles. The van der Waals surface area contributed by atoms with E-state index >= 15 is 0 Å². The largest absolute Gasteiger partial charge is 0.493 e. The van der Waals surface area contributed by atoms with Crippen molar-refractivity contribution < 1.29 is 14.3 Å². The molecular weight excluding hydrogens is 384 g/mol. The third kappa shape index (κ3) is 5.76. The molecule has 1 aliphatic heterocycles. The van der Waals surface area contributed by atoms with E-state index in [0.29, 0.717) is 35.1 Å². The molecule has 0 aromatic heterocycles. The highest BCUT2D eigenvalue weighted by Crippen LogP contribution is 2.21. The minimum absolute atomic E-state index is 0.0567. The van der Waals surface area contributed by atoms with Gasteiger partial charge in [0.15, 0.2) is 0 Å². The van der Waals surface area contributed by atoms with Crippen LogP contribution in [0.3, 0.4) is 0 Å². The number of hydrogen-bond donors (Lipinski definition) is 1.